The van der Waals surface area contributed by atoms with Crippen molar-refractivity contribution in [2.24, 2.45) is 11.7 Å². The summed E-state index contributed by atoms with van der Waals surface area (Å²) >= 11 is 0. The van der Waals surface area contributed by atoms with Crippen molar-refractivity contribution in [2.75, 3.05) is 6.61 Å². The lowest BCUT2D eigenvalue weighted by Gasteiger charge is -2.18. The minimum atomic E-state index is -0.676. The van der Waals surface area contributed by atoms with Crippen LogP contribution in [0.5, 0.6) is 0 Å². The maximum absolute atomic E-state index is 11.2. The number of nitrogens with two attached hydrogens (primary N) is 1. The summed E-state index contributed by atoms with van der Waals surface area (Å²) in [5.74, 6) is -0.539. The molecule has 0 spiro atoms. The molecule has 0 heterocycles. The van der Waals surface area contributed by atoms with E-state index in [1.54, 1.807) is 6.07 Å². The van der Waals surface area contributed by atoms with Crippen molar-refractivity contribution < 1.29 is 9.53 Å². The van der Waals surface area contributed by atoms with Crippen LogP contribution in [0.25, 0.3) is 0 Å². The van der Waals surface area contributed by atoms with Crippen LogP contribution in [-0.2, 0) is 9.53 Å². The van der Waals surface area contributed by atoms with Crippen LogP contribution in [0.4, 0.5) is 0 Å². The smallest absolute Gasteiger partial charge is 0.324 e. The second-order valence-electron chi connectivity index (χ2n) is 3.00. The molecule has 74 valence electrons. The van der Waals surface area contributed by atoms with Crippen molar-refractivity contribution in [3.63, 3.8) is 0 Å². The Labute approximate surface area is 82.6 Å². The lowest BCUT2D eigenvalue weighted by molar-refractivity contribution is -0.144. The Morgan fingerprint density at radius 1 is 1.71 bits per heavy atom. The molecule has 0 saturated carbocycles. The van der Waals surface area contributed by atoms with Gasteiger partial charge in [0.25, 0.3) is 0 Å². The van der Waals surface area contributed by atoms with Crippen LogP contribution in [-0.4, -0.2) is 18.6 Å². The van der Waals surface area contributed by atoms with Crippen LogP contribution in [0.2, 0.25) is 0 Å². The minimum Gasteiger partial charge on any atom is -0.449 e. The molecule has 0 bridgehead atoms. The normalized spacial score (nSPS) is 21.3. The van der Waals surface area contributed by atoms with Gasteiger partial charge in [0.1, 0.15) is 12.1 Å². The van der Waals surface area contributed by atoms with E-state index in [9.17, 15) is 4.79 Å². The molecular formula is C10H12N2O2. The van der Waals surface area contributed by atoms with Crippen LogP contribution >= 0.6 is 0 Å². The number of carbonyl (C=O) groups excluding carboxylic acids is 1. The number of nitrogens with zero attached hydrogens (tertiary/aromatic N) is 1. The van der Waals surface area contributed by atoms with Gasteiger partial charge in [-0.3, -0.25) is 4.79 Å². The quantitative estimate of drug-likeness (QED) is 0.661. The maximum atomic E-state index is 11.2. The minimum absolute atomic E-state index is 0.0220. The monoisotopic (exact) mass is 192 g/mol. The van der Waals surface area contributed by atoms with E-state index in [1.807, 2.05) is 24.3 Å². The van der Waals surface area contributed by atoms with Crippen molar-refractivity contribution in [1.82, 2.24) is 0 Å². The molecule has 0 aromatic rings. The van der Waals surface area contributed by atoms with E-state index in [-0.39, 0.29) is 12.5 Å². The summed E-state index contributed by atoms with van der Waals surface area (Å²) in [6.07, 6.45) is 8.31. The number of ether oxygens (including phenoxy) is 1. The first kappa shape index (κ1) is 10.5. The summed E-state index contributed by atoms with van der Waals surface area (Å²) in [6.45, 7) is -0.237. The molecule has 0 radical (unpaired) electrons. The van der Waals surface area contributed by atoms with Crippen LogP contribution < -0.4 is 5.73 Å². The standard InChI is InChI=1S/C10H12N2O2/c11-6-7-14-10(13)9(12)8-4-2-1-3-5-8/h1-4,8-9H,5,7,12H2/t8?,9-/m0/s1. The van der Waals surface area contributed by atoms with Gasteiger partial charge in [0.15, 0.2) is 6.61 Å². The number of allylic oxidation sites excluding steroid dienone is 3. The predicted octanol–water partition coefficient (Wildman–Crippen LogP) is 0.513. The third-order valence-corrected chi connectivity index (χ3v) is 2.03. The number of hydrogen-bond acceptors (Lipinski definition) is 4. The van der Waals surface area contributed by atoms with Gasteiger partial charge in [-0.1, -0.05) is 24.3 Å². The Morgan fingerprint density at radius 2 is 2.50 bits per heavy atom. The Morgan fingerprint density at radius 3 is 3.07 bits per heavy atom. The second kappa shape index (κ2) is 5.20. The van der Waals surface area contributed by atoms with E-state index in [0.29, 0.717) is 0 Å². The van der Waals surface area contributed by atoms with Crippen molar-refractivity contribution in [3.8, 4) is 6.07 Å². The molecule has 14 heavy (non-hydrogen) atoms. The molecule has 1 unspecified atom stereocenters. The average molecular weight is 192 g/mol. The highest BCUT2D eigenvalue weighted by Gasteiger charge is 2.23. The molecule has 2 atom stereocenters. The van der Waals surface area contributed by atoms with Crippen LogP contribution in [0.3, 0.4) is 0 Å². The Balaban J connectivity index is 2.44. The fourth-order valence-electron chi connectivity index (χ4n) is 1.24. The lowest BCUT2D eigenvalue weighted by Crippen LogP contribution is -2.38. The van der Waals surface area contributed by atoms with Crippen LogP contribution in [0.1, 0.15) is 6.42 Å². The molecule has 0 amide bonds. The summed E-state index contributed by atoms with van der Waals surface area (Å²) in [7, 11) is 0. The zero-order chi connectivity index (χ0) is 10.4. The van der Waals surface area contributed by atoms with Crippen LogP contribution in [0, 0.1) is 17.2 Å². The first-order chi connectivity index (χ1) is 6.75. The summed E-state index contributed by atoms with van der Waals surface area (Å²) < 4.78 is 4.62. The molecule has 1 rings (SSSR count). The van der Waals surface area contributed by atoms with E-state index >= 15 is 0 Å². The second-order valence-corrected chi connectivity index (χ2v) is 3.00. The highest BCUT2D eigenvalue weighted by molar-refractivity contribution is 5.76. The Bertz CT molecular complexity index is 302. The molecule has 0 aromatic carbocycles. The summed E-state index contributed by atoms with van der Waals surface area (Å²) in [6, 6.07) is 1.05. The zero-order valence-electron chi connectivity index (χ0n) is 7.72. The molecule has 2 N–H and O–H groups in total. The van der Waals surface area contributed by atoms with Gasteiger partial charge >= 0.3 is 5.97 Å². The molecule has 4 heteroatoms. The molecule has 0 saturated heterocycles. The van der Waals surface area contributed by atoms with Gasteiger partial charge in [-0.25, -0.2) is 0 Å². The molecule has 0 aromatic heterocycles. The average Bonchev–Trinajstić information content (AvgIpc) is 2.26. The molecular weight excluding hydrogens is 180 g/mol. The fraction of sp³-hybridized carbons (Fsp3) is 0.400. The van der Waals surface area contributed by atoms with E-state index in [0.717, 1.165) is 6.42 Å². The van der Waals surface area contributed by atoms with E-state index < -0.39 is 12.0 Å². The molecule has 4 nitrogen and oxygen atoms in total. The SMILES string of the molecule is N#CCOC(=O)[C@@H](N)C1C=CC=CC1. The van der Waals surface area contributed by atoms with Crippen LogP contribution in [0.15, 0.2) is 24.3 Å². The first-order valence-electron chi connectivity index (χ1n) is 4.38. The highest BCUT2D eigenvalue weighted by atomic mass is 16.5. The molecule has 1 aliphatic carbocycles. The van der Waals surface area contributed by atoms with E-state index in [1.165, 1.54) is 0 Å². The van der Waals surface area contributed by atoms with Gasteiger partial charge in [-0.15, -0.1) is 0 Å². The van der Waals surface area contributed by atoms with Crippen molar-refractivity contribution >= 4 is 5.97 Å². The van der Waals surface area contributed by atoms with E-state index in [4.69, 9.17) is 11.0 Å². The van der Waals surface area contributed by atoms with Gasteiger partial charge in [0.05, 0.1) is 0 Å². The Kier molecular flexibility index (Phi) is 3.89. The topological polar surface area (TPSA) is 76.1 Å². The number of nitriles is 1. The van der Waals surface area contributed by atoms with Gasteiger partial charge < -0.3 is 10.5 Å². The molecule has 0 aliphatic heterocycles. The lowest BCUT2D eigenvalue weighted by atomic mass is 9.93. The first-order valence-corrected chi connectivity index (χ1v) is 4.38. The zero-order valence-corrected chi connectivity index (χ0v) is 7.72. The van der Waals surface area contributed by atoms with E-state index in [2.05, 4.69) is 4.74 Å². The number of carbonyl (C=O) groups is 1. The third-order valence-electron chi connectivity index (χ3n) is 2.03. The third kappa shape index (κ3) is 2.71. The fourth-order valence-corrected chi connectivity index (χ4v) is 1.24. The van der Waals surface area contributed by atoms with Gasteiger partial charge in [0, 0.05) is 5.92 Å². The van der Waals surface area contributed by atoms with Gasteiger partial charge in [-0.2, -0.15) is 5.26 Å². The summed E-state index contributed by atoms with van der Waals surface area (Å²) in [5.41, 5.74) is 5.66. The maximum Gasteiger partial charge on any atom is 0.324 e. The Hall–Kier alpha value is -1.60. The van der Waals surface area contributed by atoms with Gasteiger partial charge in [-0.05, 0) is 6.42 Å². The number of hydrogen-bond donors (Lipinski definition) is 1. The van der Waals surface area contributed by atoms with Crippen molar-refractivity contribution in [1.29, 1.82) is 5.26 Å². The molecule has 0 fully saturated rings. The van der Waals surface area contributed by atoms with Crippen molar-refractivity contribution in [2.45, 2.75) is 12.5 Å². The summed E-state index contributed by atoms with van der Waals surface area (Å²) in [4.78, 5) is 11.2. The number of rotatable bonds is 3. The largest absolute Gasteiger partial charge is 0.449 e. The number of esters is 1. The molecule has 1 aliphatic rings. The van der Waals surface area contributed by atoms with Crippen molar-refractivity contribution in [3.05, 3.63) is 24.3 Å². The highest BCUT2D eigenvalue weighted by Crippen LogP contribution is 2.15. The predicted molar refractivity (Wildman–Crippen MR) is 50.9 cm³/mol. The summed E-state index contributed by atoms with van der Waals surface area (Å²) in [5, 5.41) is 8.21. The van der Waals surface area contributed by atoms with Gasteiger partial charge in [0.2, 0.25) is 0 Å².